The first-order valence-electron chi connectivity index (χ1n) is 4.29. The lowest BCUT2D eigenvalue weighted by molar-refractivity contribution is 0.0253. The standard InChI is InChI=1S/C9H13F2N3/c1-7-3-2-4-8(14-7)13-6-9(10,11)5-12/h2-4H,5-6,12H2,1H3,(H,13,14). The minimum Gasteiger partial charge on any atom is -0.364 e. The molecule has 0 amide bonds. The van der Waals surface area contributed by atoms with Gasteiger partial charge in [0, 0.05) is 5.69 Å². The van der Waals surface area contributed by atoms with Gasteiger partial charge in [0.1, 0.15) is 5.82 Å². The van der Waals surface area contributed by atoms with Gasteiger partial charge in [0.2, 0.25) is 0 Å². The van der Waals surface area contributed by atoms with Gasteiger partial charge >= 0.3 is 0 Å². The highest BCUT2D eigenvalue weighted by atomic mass is 19.3. The fourth-order valence-corrected chi connectivity index (χ4v) is 0.934. The maximum Gasteiger partial charge on any atom is 0.276 e. The summed E-state index contributed by atoms with van der Waals surface area (Å²) in [5.41, 5.74) is 5.67. The summed E-state index contributed by atoms with van der Waals surface area (Å²) in [7, 11) is 0. The molecule has 0 saturated carbocycles. The van der Waals surface area contributed by atoms with Crippen LogP contribution < -0.4 is 11.1 Å². The van der Waals surface area contributed by atoms with Crippen molar-refractivity contribution in [2.24, 2.45) is 5.73 Å². The molecule has 0 bridgehead atoms. The van der Waals surface area contributed by atoms with Gasteiger partial charge in [-0.05, 0) is 19.1 Å². The topological polar surface area (TPSA) is 50.9 Å². The van der Waals surface area contributed by atoms with Gasteiger partial charge in [-0.1, -0.05) is 6.07 Å². The van der Waals surface area contributed by atoms with Crippen LogP contribution in [-0.4, -0.2) is 24.0 Å². The molecule has 1 aromatic rings. The van der Waals surface area contributed by atoms with Crippen LogP contribution in [0.3, 0.4) is 0 Å². The van der Waals surface area contributed by atoms with Gasteiger partial charge in [0.25, 0.3) is 5.92 Å². The van der Waals surface area contributed by atoms with Crippen molar-refractivity contribution in [1.82, 2.24) is 4.98 Å². The number of anilines is 1. The zero-order valence-corrected chi connectivity index (χ0v) is 7.93. The quantitative estimate of drug-likeness (QED) is 0.774. The summed E-state index contributed by atoms with van der Waals surface area (Å²) in [6.45, 7) is 0.651. The Morgan fingerprint density at radius 1 is 1.50 bits per heavy atom. The van der Waals surface area contributed by atoms with Gasteiger partial charge in [0.15, 0.2) is 0 Å². The van der Waals surface area contributed by atoms with Crippen molar-refractivity contribution in [3.05, 3.63) is 23.9 Å². The van der Waals surface area contributed by atoms with Crippen LogP contribution >= 0.6 is 0 Å². The maximum absolute atomic E-state index is 12.7. The summed E-state index contributed by atoms with van der Waals surface area (Å²) in [6, 6.07) is 5.19. The van der Waals surface area contributed by atoms with E-state index in [1.54, 1.807) is 25.1 Å². The molecule has 0 aromatic carbocycles. The number of pyridine rings is 1. The molecule has 1 aromatic heterocycles. The number of aryl methyl sites for hydroxylation is 1. The first-order chi connectivity index (χ1) is 6.53. The van der Waals surface area contributed by atoms with E-state index in [0.29, 0.717) is 5.82 Å². The van der Waals surface area contributed by atoms with Crippen LogP contribution in [0.1, 0.15) is 5.69 Å². The molecule has 3 nitrogen and oxygen atoms in total. The number of nitrogens with two attached hydrogens (primary N) is 1. The normalized spacial score (nSPS) is 11.4. The van der Waals surface area contributed by atoms with Crippen molar-refractivity contribution in [3.63, 3.8) is 0 Å². The van der Waals surface area contributed by atoms with Gasteiger partial charge in [0.05, 0.1) is 13.1 Å². The monoisotopic (exact) mass is 201 g/mol. The van der Waals surface area contributed by atoms with Gasteiger partial charge < -0.3 is 11.1 Å². The SMILES string of the molecule is Cc1cccc(NCC(F)(F)CN)n1. The van der Waals surface area contributed by atoms with Gasteiger partial charge in [-0.3, -0.25) is 0 Å². The third-order valence-electron chi connectivity index (χ3n) is 1.72. The number of aromatic nitrogens is 1. The van der Waals surface area contributed by atoms with E-state index in [9.17, 15) is 8.78 Å². The number of hydrogen-bond acceptors (Lipinski definition) is 3. The summed E-state index contributed by atoms with van der Waals surface area (Å²) < 4.78 is 25.4. The Balaban J connectivity index is 2.54. The Hall–Kier alpha value is -1.23. The fourth-order valence-electron chi connectivity index (χ4n) is 0.934. The molecule has 0 atom stereocenters. The Morgan fingerprint density at radius 2 is 2.21 bits per heavy atom. The van der Waals surface area contributed by atoms with Crippen LogP contribution in [0.5, 0.6) is 0 Å². The first kappa shape index (κ1) is 10.8. The molecule has 0 saturated heterocycles. The summed E-state index contributed by atoms with van der Waals surface area (Å²) >= 11 is 0. The van der Waals surface area contributed by atoms with Crippen LogP contribution in [0.15, 0.2) is 18.2 Å². The fraction of sp³-hybridized carbons (Fsp3) is 0.444. The van der Waals surface area contributed by atoms with Crippen LogP contribution in [0, 0.1) is 6.92 Å². The summed E-state index contributed by atoms with van der Waals surface area (Å²) in [5.74, 6) is -2.44. The lowest BCUT2D eigenvalue weighted by Gasteiger charge is -2.14. The molecule has 78 valence electrons. The van der Waals surface area contributed by atoms with E-state index in [1.807, 2.05) is 0 Å². The highest BCUT2D eigenvalue weighted by Gasteiger charge is 2.26. The molecule has 0 aliphatic heterocycles. The second kappa shape index (κ2) is 4.32. The first-order valence-corrected chi connectivity index (χ1v) is 4.29. The van der Waals surface area contributed by atoms with Crippen LogP contribution in [-0.2, 0) is 0 Å². The van der Waals surface area contributed by atoms with E-state index >= 15 is 0 Å². The molecule has 5 heteroatoms. The Bertz CT molecular complexity index is 302. The van der Waals surface area contributed by atoms with Gasteiger partial charge in [-0.25, -0.2) is 13.8 Å². The van der Waals surface area contributed by atoms with Crippen molar-refractivity contribution in [3.8, 4) is 0 Å². The lowest BCUT2D eigenvalue weighted by Crippen LogP contribution is -2.35. The Kier molecular flexibility index (Phi) is 3.35. The van der Waals surface area contributed by atoms with Crippen molar-refractivity contribution in [1.29, 1.82) is 0 Å². The molecule has 14 heavy (non-hydrogen) atoms. The zero-order valence-electron chi connectivity index (χ0n) is 7.93. The Labute approximate surface area is 81.3 Å². The second-order valence-corrected chi connectivity index (χ2v) is 3.08. The smallest absolute Gasteiger partial charge is 0.276 e. The molecule has 0 aliphatic rings. The van der Waals surface area contributed by atoms with E-state index in [4.69, 9.17) is 5.73 Å². The van der Waals surface area contributed by atoms with E-state index in [-0.39, 0.29) is 0 Å². The van der Waals surface area contributed by atoms with E-state index < -0.39 is 19.0 Å². The van der Waals surface area contributed by atoms with Crippen LogP contribution in [0.4, 0.5) is 14.6 Å². The maximum atomic E-state index is 12.7. The number of halogens is 2. The second-order valence-electron chi connectivity index (χ2n) is 3.08. The average Bonchev–Trinajstić information content (AvgIpc) is 2.15. The third kappa shape index (κ3) is 3.26. The third-order valence-corrected chi connectivity index (χ3v) is 1.72. The largest absolute Gasteiger partial charge is 0.364 e. The lowest BCUT2D eigenvalue weighted by atomic mass is 10.3. The average molecular weight is 201 g/mol. The molecule has 0 spiro atoms. The van der Waals surface area contributed by atoms with E-state index in [2.05, 4.69) is 10.3 Å². The molecule has 3 N–H and O–H groups in total. The van der Waals surface area contributed by atoms with Gasteiger partial charge in [-0.15, -0.1) is 0 Å². The molecule has 0 unspecified atom stereocenters. The highest BCUT2D eigenvalue weighted by Crippen LogP contribution is 2.12. The molecule has 0 fully saturated rings. The molecule has 0 radical (unpaired) electrons. The van der Waals surface area contributed by atoms with E-state index in [1.165, 1.54) is 0 Å². The van der Waals surface area contributed by atoms with Gasteiger partial charge in [-0.2, -0.15) is 0 Å². The molecule has 1 rings (SSSR count). The predicted octanol–water partition coefficient (Wildman–Crippen LogP) is 1.40. The highest BCUT2D eigenvalue weighted by molar-refractivity contribution is 5.35. The number of nitrogens with one attached hydrogen (secondary N) is 1. The summed E-state index contributed by atoms with van der Waals surface area (Å²) in [6.07, 6.45) is 0. The van der Waals surface area contributed by atoms with Crippen molar-refractivity contribution < 1.29 is 8.78 Å². The number of nitrogens with zero attached hydrogens (tertiary/aromatic N) is 1. The van der Waals surface area contributed by atoms with Crippen molar-refractivity contribution in [2.75, 3.05) is 18.4 Å². The molecular formula is C9H13F2N3. The van der Waals surface area contributed by atoms with Crippen LogP contribution in [0.25, 0.3) is 0 Å². The molecule has 1 heterocycles. The number of rotatable bonds is 4. The zero-order chi connectivity index (χ0) is 10.6. The minimum atomic E-state index is -2.88. The minimum absolute atomic E-state index is 0.443. The van der Waals surface area contributed by atoms with Crippen molar-refractivity contribution in [2.45, 2.75) is 12.8 Å². The molecular weight excluding hydrogens is 188 g/mol. The predicted molar refractivity (Wildman–Crippen MR) is 51.5 cm³/mol. The summed E-state index contributed by atoms with van der Waals surface area (Å²) in [4.78, 5) is 4.03. The number of alkyl halides is 2. The molecule has 0 aliphatic carbocycles. The van der Waals surface area contributed by atoms with Crippen molar-refractivity contribution >= 4 is 5.82 Å². The van der Waals surface area contributed by atoms with E-state index in [0.717, 1.165) is 5.69 Å². The summed E-state index contributed by atoms with van der Waals surface area (Å²) in [5, 5.41) is 2.54. The Morgan fingerprint density at radius 3 is 2.79 bits per heavy atom. The number of hydrogen-bond donors (Lipinski definition) is 2. The van der Waals surface area contributed by atoms with Crippen LogP contribution in [0.2, 0.25) is 0 Å².